The normalized spacial score (nSPS) is 17.0. The van der Waals surface area contributed by atoms with Crippen molar-refractivity contribution >= 4 is 5.91 Å². The third-order valence-electron chi connectivity index (χ3n) is 3.89. The van der Waals surface area contributed by atoms with Crippen LogP contribution in [0.15, 0.2) is 48.3 Å². The highest BCUT2D eigenvalue weighted by Crippen LogP contribution is 2.18. The molecule has 1 atom stereocenters. The Morgan fingerprint density at radius 2 is 2.09 bits per heavy atom. The van der Waals surface area contributed by atoms with Crippen LogP contribution in [0, 0.1) is 0 Å². The van der Waals surface area contributed by atoms with Gasteiger partial charge in [-0.2, -0.15) is 0 Å². The molecule has 1 unspecified atom stereocenters. The van der Waals surface area contributed by atoms with Crippen molar-refractivity contribution in [2.45, 2.75) is 19.1 Å². The molecule has 6 nitrogen and oxygen atoms in total. The van der Waals surface area contributed by atoms with Crippen molar-refractivity contribution in [2.75, 3.05) is 19.6 Å². The predicted molar refractivity (Wildman–Crippen MR) is 90.0 cm³/mol. The summed E-state index contributed by atoms with van der Waals surface area (Å²) in [4.78, 5) is 14.0. The van der Waals surface area contributed by atoms with Crippen LogP contribution in [0.3, 0.4) is 0 Å². The van der Waals surface area contributed by atoms with E-state index in [1.165, 1.54) is 29.6 Å². The molecule has 1 aromatic rings. The van der Waals surface area contributed by atoms with Crippen molar-refractivity contribution in [1.29, 1.82) is 0 Å². The zero-order chi connectivity index (χ0) is 16.7. The lowest BCUT2D eigenvalue weighted by atomic mass is 10.00. The minimum absolute atomic E-state index is 0.173. The number of nitrogens with one attached hydrogen (secondary N) is 1. The van der Waals surface area contributed by atoms with E-state index in [1.807, 2.05) is 6.07 Å². The predicted octanol–water partition coefficient (Wildman–Crippen LogP) is -0.163. The summed E-state index contributed by atoms with van der Waals surface area (Å²) in [5.41, 5.74) is 13.6. The van der Waals surface area contributed by atoms with Crippen LogP contribution in [0.4, 0.5) is 0 Å². The largest absolute Gasteiger partial charge is 0.405 e. The van der Waals surface area contributed by atoms with Crippen molar-refractivity contribution in [3.63, 3.8) is 0 Å². The number of hydrogen-bond acceptors (Lipinski definition) is 5. The Bertz CT molecular complexity index is 598. The van der Waals surface area contributed by atoms with E-state index >= 15 is 0 Å². The summed E-state index contributed by atoms with van der Waals surface area (Å²) in [6, 6.07) is 8.35. The maximum absolute atomic E-state index is 11.8. The Morgan fingerprint density at radius 3 is 2.78 bits per heavy atom. The fraction of sp³-hybridized carbons (Fsp3) is 0.353. The minimum atomic E-state index is -0.634. The molecule has 124 valence electrons. The Balaban J connectivity index is 1.80. The number of nitrogens with two attached hydrogens (primary N) is 2. The first-order chi connectivity index (χ1) is 11.1. The number of carbonyl (C=O) groups is 1. The molecule has 1 aliphatic rings. The van der Waals surface area contributed by atoms with Crippen molar-refractivity contribution in [3.05, 3.63) is 59.4 Å². The first-order valence-electron chi connectivity index (χ1n) is 7.69. The van der Waals surface area contributed by atoms with Crippen LogP contribution < -0.4 is 16.8 Å². The number of benzene rings is 1. The summed E-state index contributed by atoms with van der Waals surface area (Å²) in [5.74, 6) is -0.350. The molecule has 0 spiro atoms. The van der Waals surface area contributed by atoms with E-state index in [-0.39, 0.29) is 18.0 Å². The van der Waals surface area contributed by atoms with Crippen LogP contribution in [0.2, 0.25) is 0 Å². The summed E-state index contributed by atoms with van der Waals surface area (Å²) < 4.78 is 0. The van der Waals surface area contributed by atoms with Gasteiger partial charge in [-0.25, -0.2) is 0 Å². The van der Waals surface area contributed by atoms with Gasteiger partial charge >= 0.3 is 0 Å². The molecular weight excluding hydrogens is 292 g/mol. The van der Waals surface area contributed by atoms with E-state index in [0.717, 1.165) is 19.5 Å². The lowest BCUT2D eigenvalue weighted by Crippen LogP contribution is -2.42. The van der Waals surface area contributed by atoms with Crippen LogP contribution in [0.5, 0.6) is 0 Å². The smallest absolute Gasteiger partial charge is 0.252 e. The van der Waals surface area contributed by atoms with Gasteiger partial charge in [0.05, 0.1) is 11.7 Å². The molecule has 1 heterocycles. The summed E-state index contributed by atoms with van der Waals surface area (Å²) >= 11 is 0. The fourth-order valence-electron chi connectivity index (χ4n) is 2.70. The molecule has 0 bridgehead atoms. The molecule has 0 aliphatic carbocycles. The monoisotopic (exact) mass is 316 g/mol. The SMILES string of the molecule is N/C=C\C(=C/N)C(=O)NCC(O)CN1CCc2ccccc2C1. The zero-order valence-electron chi connectivity index (χ0n) is 13.1. The number of β-amino-alcohol motifs (C(OH)–C–C–N with tert-alkyl or cyclic N) is 1. The molecule has 0 fully saturated rings. The van der Waals surface area contributed by atoms with Crippen molar-refractivity contribution in [1.82, 2.24) is 10.2 Å². The fourth-order valence-corrected chi connectivity index (χ4v) is 2.70. The third-order valence-corrected chi connectivity index (χ3v) is 3.89. The number of rotatable bonds is 6. The molecule has 0 radical (unpaired) electrons. The van der Waals surface area contributed by atoms with Gasteiger partial charge in [0.2, 0.25) is 0 Å². The highest BCUT2D eigenvalue weighted by atomic mass is 16.3. The van der Waals surface area contributed by atoms with E-state index in [2.05, 4.69) is 28.4 Å². The van der Waals surface area contributed by atoms with Gasteiger partial charge in [0.1, 0.15) is 0 Å². The molecule has 1 amide bonds. The molecular formula is C17H24N4O2. The van der Waals surface area contributed by atoms with Gasteiger partial charge in [-0.3, -0.25) is 9.69 Å². The highest BCUT2D eigenvalue weighted by Gasteiger charge is 2.18. The molecule has 6 N–H and O–H groups in total. The highest BCUT2D eigenvalue weighted by molar-refractivity contribution is 5.95. The van der Waals surface area contributed by atoms with Crippen molar-refractivity contribution < 1.29 is 9.90 Å². The zero-order valence-corrected chi connectivity index (χ0v) is 13.1. The van der Waals surface area contributed by atoms with E-state index in [9.17, 15) is 9.90 Å². The Hall–Kier alpha value is -2.31. The van der Waals surface area contributed by atoms with Gasteiger partial charge in [-0.1, -0.05) is 24.3 Å². The van der Waals surface area contributed by atoms with Crippen LogP contribution in [-0.2, 0) is 17.8 Å². The van der Waals surface area contributed by atoms with Crippen LogP contribution >= 0.6 is 0 Å². The summed E-state index contributed by atoms with van der Waals surface area (Å²) in [6.45, 7) is 2.42. The van der Waals surface area contributed by atoms with Gasteiger partial charge in [0.25, 0.3) is 5.91 Å². The van der Waals surface area contributed by atoms with Crippen LogP contribution in [0.1, 0.15) is 11.1 Å². The minimum Gasteiger partial charge on any atom is -0.405 e. The molecule has 23 heavy (non-hydrogen) atoms. The molecule has 1 aliphatic heterocycles. The number of carbonyl (C=O) groups excluding carboxylic acids is 1. The molecule has 0 saturated heterocycles. The lowest BCUT2D eigenvalue weighted by Gasteiger charge is -2.30. The van der Waals surface area contributed by atoms with Crippen LogP contribution in [0.25, 0.3) is 0 Å². The summed E-state index contributed by atoms with van der Waals surface area (Å²) in [5, 5.41) is 12.8. The standard InChI is InChI=1S/C17H24N4O2/c18-7-5-14(9-19)17(23)20-10-16(22)12-21-8-6-13-3-1-2-4-15(13)11-21/h1-5,7,9,16,22H,6,8,10-12,18-19H2,(H,20,23)/b7-5-,14-9+. The molecule has 0 saturated carbocycles. The van der Waals surface area contributed by atoms with E-state index in [4.69, 9.17) is 11.5 Å². The number of aliphatic hydroxyl groups excluding tert-OH is 1. The Morgan fingerprint density at radius 1 is 1.35 bits per heavy atom. The maximum atomic E-state index is 11.8. The second-order valence-corrected chi connectivity index (χ2v) is 5.60. The molecule has 1 aromatic carbocycles. The van der Waals surface area contributed by atoms with E-state index < -0.39 is 6.10 Å². The molecule has 2 rings (SSSR count). The maximum Gasteiger partial charge on any atom is 0.252 e. The average molecular weight is 316 g/mol. The second-order valence-electron chi connectivity index (χ2n) is 5.60. The first kappa shape index (κ1) is 17.1. The third kappa shape index (κ3) is 4.84. The number of aliphatic hydroxyl groups is 1. The van der Waals surface area contributed by atoms with Gasteiger partial charge in [0, 0.05) is 32.4 Å². The van der Waals surface area contributed by atoms with Gasteiger partial charge in [0.15, 0.2) is 0 Å². The second kappa shape index (κ2) is 8.36. The van der Waals surface area contributed by atoms with Crippen molar-refractivity contribution in [2.24, 2.45) is 11.5 Å². The number of hydrogen-bond donors (Lipinski definition) is 4. The van der Waals surface area contributed by atoms with Crippen LogP contribution in [-0.4, -0.2) is 41.7 Å². The lowest BCUT2D eigenvalue weighted by molar-refractivity contribution is -0.117. The Labute approximate surface area is 136 Å². The molecule has 6 heteroatoms. The van der Waals surface area contributed by atoms with E-state index in [0.29, 0.717) is 6.54 Å². The molecule has 0 aromatic heterocycles. The average Bonchev–Trinajstić information content (AvgIpc) is 2.57. The van der Waals surface area contributed by atoms with E-state index in [1.54, 1.807) is 0 Å². The first-order valence-corrected chi connectivity index (χ1v) is 7.69. The summed E-state index contributed by atoms with van der Waals surface area (Å²) in [7, 11) is 0. The van der Waals surface area contributed by atoms with Crippen molar-refractivity contribution in [3.8, 4) is 0 Å². The topological polar surface area (TPSA) is 105 Å². The van der Waals surface area contributed by atoms with Gasteiger partial charge in [-0.15, -0.1) is 0 Å². The van der Waals surface area contributed by atoms with Gasteiger partial charge in [-0.05, 0) is 29.8 Å². The van der Waals surface area contributed by atoms with Gasteiger partial charge < -0.3 is 21.9 Å². The number of nitrogens with zero attached hydrogens (tertiary/aromatic N) is 1. The number of amides is 1. The quantitative estimate of drug-likeness (QED) is 0.431. The number of fused-ring (bicyclic) bond motifs is 1. The Kier molecular flexibility index (Phi) is 6.19. The summed E-state index contributed by atoms with van der Waals surface area (Å²) in [6.07, 6.45) is 4.21.